The minimum Gasteiger partial charge on any atom is -0.310 e. The van der Waals surface area contributed by atoms with Gasteiger partial charge >= 0.3 is 0 Å². The zero-order valence-corrected chi connectivity index (χ0v) is 36.8. The van der Waals surface area contributed by atoms with Gasteiger partial charge in [-0.2, -0.15) is 0 Å². The van der Waals surface area contributed by atoms with E-state index in [0.29, 0.717) is 0 Å². The van der Waals surface area contributed by atoms with Gasteiger partial charge in [0.05, 0.1) is 16.5 Å². The number of fused-ring (bicyclic) bond motifs is 23. The Hall–Kier alpha value is -8.00. The molecule has 5 aliphatic carbocycles. The summed E-state index contributed by atoms with van der Waals surface area (Å²) in [5.41, 5.74) is 29.2. The first-order valence-corrected chi connectivity index (χ1v) is 23.4. The van der Waals surface area contributed by atoms with E-state index in [9.17, 15) is 0 Å². The lowest BCUT2D eigenvalue weighted by atomic mass is 9.70. The van der Waals surface area contributed by atoms with E-state index in [1.54, 1.807) is 0 Å². The zero-order chi connectivity index (χ0) is 43.5. The molecule has 308 valence electrons. The van der Waals surface area contributed by atoms with Crippen molar-refractivity contribution in [3.05, 3.63) is 280 Å². The van der Waals surface area contributed by atoms with Crippen LogP contribution >= 0.6 is 0 Å². The maximum Gasteiger partial charge on any atom is 0.0726 e. The fourth-order valence-corrected chi connectivity index (χ4v) is 13.8. The van der Waals surface area contributed by atoms with Crippen LogP contribution in [0.4, 0.5) is 17.1 Å². The highest BCUT2D eigenvalue weighted by Crippen LogP contribution is 2.66. The monoisotopic (exact) mass is 837 g/mol. The van der Waals surface area contributed by atoms with Crippen LogP contribution in [0.15, 0.2) is 224 Å². The van der Waals surface area contributed by atoms with E-state index in [1.165, 1.54) is 117 Å². The standard InChI is InChI=1S/C65H43N/c1-63(2)51-25-10-3-22-46(51)49-38-40(34-36-52(49)63)66(41-35-37-59-50(39-41)47-23-8-15-30-57(47)64(59)53-26-11-4-18-42(53)43-19-5-12-27-54(43)64)61-33-17-32-60-62(61)48-24-9-16-31-58(48)65(60)55-28-13-6-20-44(55)45-21-7-14-29-56(45)65/h3-39H,1-2H3. The molecular weight excluding hydrogens is 795 g/mol. The molecule has 0 saturated carbocycles. The quantitative estimate of drug-likeness (QED) is 0.171. The Morgan fingerprint density at radius 1 is 0.258 bits per heavy atom. The van der Waals surface area contributed by atoms with Gasteiger partial charge in [-0.15, -0.1) is 0 Å². The third-order valence-corrected chi connectivity index (χ3v) is 16.3. The lowest BCUT2D eigenvalue weighted by Crippen LogP contribution is -2.26. The summed E-state index contributed by atoms with van der Waals surface area (Å²) in [6.07, 6.45) is 0. The number of hydrogen-bond donors (Lipinski definition) is 0. The maximum atomic E-state index is 2.58. The van der Waals surface area contributed by atoms with Crippen molar-refractivity contribution in [3.8, 4) is 55.6 Å². The highest BCUT2D eigenvalue weighted by atomic mass is 15.1. The van der Waals surface area contributed by atoms with Gasteiger partial charge in [0.1, 0.15) is 0 Å². The van der Waals surface area contributed by atoms with Gasteiger partial charge in [-0.25, -0.2) is 0 Å². The summed E-state index contributed by atoms with van der Waals surface area (Å²) < 4.78 is 0. The molecule has 0 unspecified atom stereocenters. The number of nitrogens with zero attached hydrogens (tertiary/aromatic N) is 1. The molecule has 10 aromatic rings. The van der Waals surface area contributed by atoms with Crippen LogP contribution in [0.3, 0.4) is 0 Å². The van der Waals surface area contributed by atoms with Crippen LogP contribution in [0.5, 0.6) is 0 Å². The zero-order valence-electron chi connectivity index (χ0n) is 36.8. The average molecular weight is 838 g/mol. The summed E-state index contributed by atoms with van der Waals surface area (Å²) in [5.74, 6) is 0. The van der Waals surface area contributed by atoms with Crippen molar-refractivity contribution < 1.29 is 0 Å². The Balaban J connectivity index is 1.03. The van der Waals surface area contributed by atoms with Crippen LogP contribution in [-0.2, 0) is 16.2 Å². The van der Waals surface area contributed by atoms with E-state index in [0.717, 1.165) is 11.4 Å². The van der Waals surface area contributed by atoms with E-state index in [-0.39, 0.29) is 5.41 Å². The Morgan fingerprint density at radius 2 is 0.561 bits per heavy atom. The molecule has 5 aliphatic rings. The first-order valence-electron chi connectivity index (χ1n) is 23.4. The second-order valence-corrected chi connectivity index (χ2v) is 19.4. The van der Waals surface area contributed by atoms with Gasteiger partial charge in [0.15, 0.2) is 0 Å². The van der Waals surface area contributed by atoms with E-state index in [4.69, 9.17) is 0 Å². The first-order chi connectivity index (χ1) is 32.5. The Kier molecular flexibility index (Phi) is 6.95. The molecule has 0 aliphatic heterocycles. The SMILES string of the molecule is CC1(C)c2ccccc2-c2cc(N(c3ccc4c(c3)-c3ccccc3C43c4ccccc4-c4ccccc43)c3cccc4c3-c3ccccc3C43c4ccccc4-c4ccccc43)ccc21. The maximum absolute atomic E-state index is 2.58. The van der Waals surface area contributed by atoms with Gasteiger partial charge in [0.2, 0.25) is 0 Å². The first kappa shape index (κ1) is 36.4. The van der Waals surface area contributed by atoms with Gasteiger partial charge in [-0.1, -0.05) is 208 Å². The second-order valence-electron chi connectivity index (χ2n) is 19.4. The number of rotatable bonds is 3. The summed E-state index contributed by atoms with van der Waals surface area (Å²) in [4.78, 5) is 2.58. The van der Waals surface area contributed by atoms with Crippen LogP contribution in [0.25, 0.3) is 55.6 Å². The molecular formula is C65H43N. The number of benzene rings is 10. The molecule has 1 nitrogen and oxygen atoms in total. The van der Waals surface area contributed by atoms with Gasteiger partial charge < -0.3 is 4.90 Å². The van der Waals surface area contributed by atoms with Gasteiger partial charge in [-0.05, 0) is 136 Å². The lowest BCUT2D eigenvalue weighted by molar-refractivity contribution is 0.660. The van der Waals surface area contributed by atoms with E-state index in [2.05, 4.69) is 243 Å². The Morgan fingerprint density at radius 3 is 1.05 bits per heavy atom. The van der Waals surface area contributed by atoms with Crippen molar-refractivity contribution in [2.45, 2.75) is 30.1 Å². The molecule has 0 radical (unpaired) electrons. The highest BCUT2D eigenvalue weighted by Gasteiger charge is 2.54. The van der Waals surface area contributed by atoms with Crippen molar-refractivity contribution in [1.29, 1.82) is 0 Å². The third-order valence-electron chi connectivity index (χ3n) is 16.3. The average Bonchev–Trinajstić information content (AvgIpc) is 4.10. The molecule has 1 heteroatoms. The largest absolute Gasteiger partial charge is 0.310 e. The minimum absolute atomic E-state index is 0.0999. The summed E-state index contributed by atoms with van der Waals surface area (Å²) >= 11 is 0. The van der Waals surface area contributed by atoms with Crippen molar-refractivity contribution in [3.63, 3.8) is 0 Å². The second kappa shape index (κ2) is 12.6. The molecule has 0 aromatic heterocycles. The summed E-state index contributed by atoms with van der Waals surface area (Å²) in [6.45, 7) is 4.75. The summed E-state index contributed by atoms with van der Waals surface area (Å²) in [5, 5.41) is 0. The molecule has 66 heavy (non-hydrogen) atoms. The van der Waals surface area contributed by atoms with Gasteiger partial charge in [-0.3, -0.25) is 0 Å². The van der Waals surface area contributed by atoms with Crippen molar-refractivity contribution in [2.24, 2.45) is 0 Å². The van der Waals surface area contributed by atoms with Crippen LogP contribution in [-0.4, -0.2) is 0 Å². The fourth-order valence-electron chi connectivity index (χ4n) is 13.8. The highest BCUT2D eigenvalue weighted by molar-refractivity contribution is 6.03. The van der Waals surface area contributed by atoms with Crippen molar-refractivity contribution in [1.82, 2.24) is 0 Å². The molecule has 0 amide bonds. The molecule has 10 aromatic carbocycles. The van der Waals surface area contributed by atoms with E-state index < -0.39 is 10.8 Å². The van der Waals surface area contributed by atoms with Gasteiger partial charge in [0, 0.05) is 22.4 Å². The minimum atomic E-state index is -0.450. The van der Waals surface area contributed by atoms with Crippen LogP contribution in [0.2, 0.25) is 0 Å². The topological polar surface area (TPSA) is 3.24 Å². The number of anilines is 3. The molecule has 0 atom stereocenters. The fraction of sp³-hybridized carbons (Fsp3) is 0.0769. The van der Waals surface area contributed by atoms with Crippen molar-refractivity contribution in [2.75, 3.05) is 4.90 Å². The molecule has 2 spiro atoms. The van der Waals surface area contributed by atoms with Crippen LogP contribution in [0.1, 0.15) is 69.5 Å². The predicted molar refractivity (Wildman–Crippen MR) is 271 cm³/mol. The summed E-state index contributed by atoms with van der Waals surface area (Å²) in [7, 11) is 0. The van der Waals surface area contributed by atoms with Gasteiger partial charge in [0.25, 0.3) is 0 Å². The van der Waals surface area contributed by atoms with E-state index in [1.807, 2.05) is 0 Å². The normalized spacial score (nSPS) is 15.5. The smallest absolute Gasteiger partial charge is 0.0726 e. The molecule has 0 fully saturated rings. The van der Waals surface area contributed by atoms with E-state index >= 15 is 0 Å². The van der Waals surface area contributed by atoms with Crippen LogP contribution in [0, 0.1) is 0 Å². The Labute approximate surface area is 386 Å². The third kappa shape index (κ3) is 4.19. The molecule has 0 saturated heterocycles. The molecule has 0 N–H and O–H groups in total. The van der Waals surface area contributed by atoms with Crippen molar-refractivity contribution >= 4 is 17.1 Å². The molecule has 15 rings (SSSR count). The lowest BCUT2D eigenvalue weighted by Gasteiger charge is -2.33. The molecule has 0 heterocycles. The predicted octanol–water partition coefficient (Wildman–Crippen LogP) is 16.1. The number of hydrogen-bond acceptors (Lipinski definition) is 1. The summed E-state index contributed by atoms with van der Waals surface area (Å²) in [6, 6.07) is 85.6. The Bertz CT molecular complexity index is 3680. The molecule has 0 bridgehead atoms. The van der Waals surface area contributed by atoms with Crippen LogP contribution < -0.4 is 4.90 Å².